The number of carbonyl (C=O) groups is 1. The number of anilines is 1. The second-order valence-corrected chi connectivity index (χ2v) is 4.77. The Morgan fingerprint density at radius 1 is 1.56 bits per heavy atom. The number of aryl methyl sites for hydroxylation is 1. The molecule has 1 aromatic heterocycles. The van der Waals surface area contributed by atoms with Gasteiger partial charge in [0.2, 0.25) is 0 Å². The van der Waals surface area contributed by atoms with Crippen molar-refractivity contribution in [2.75, 3.05) is 5.32 Å². The van der Waals surface area contributed by atoms with Crippen molar-refractivity contribution in [3.8, 4) is 0 Å². The molecule has 1 aromatic rings. The van der Waals surface area contributed by atoms with Crippen molar-refractivity contribution in [2.24, 2.45) is 0 Å². The predicted octanol–water partition coefficient (Wildman–Crippen LogP) is 2.79. The first-order chi connectivity index (χ1) is 7.26. The summed E-state index contributed by atoms with van der Waals surface area (Å²) in [6.07, 6.45) is -0.542. The number of aromatic nitrogens is 2. The Balaban J connectivity index is 2.74. The Bertz CT molecular complexity index is 448. The van der Waals surface area contributed by atoms with Crippen molar-refractivity contribution in [1.29, 1.82) is 0 Å². The van der Waals surface area contributed by atoms with Crippen molar-refractivity contribution >= 4 is 24.1 Å². The van der Waals surface area contributed by atoms with Crippen molar-refractivity contribution in [3.63, 3.8) is 0 Å². The third kappa shape index (κ3) is 4.39. The largest absolute Gasteiger partial charge is 0.444 e. The van der Waals surface area contributed by atoms with Crippen LogP contribution < -0.4 is 5.32 Å². The molecule has 0 saturated carbocycles. The van der Waals surface area contributed by atoms with E-state index in [-0.39, 0.29) is 0 Å². The maximum absolute atomic E-state index is 11.4. The van der Waals surface area contributed by atoms with Crippen LogP contribution in [0.15, 0.2) is 6.07 Å². The summed E-state index contributed by atoms with van der Waals surface area (Å²) < 4.78 is 5.41. The molecular formula is C10H15N3O2S. The van der Waals surface area contributed by atoms with E-state index in [0.29, 0.717) is 10.6 Å². The van der Waals surface area contributed by atoms with Crippen LogP contribution in [0.25, 0.3) is 0 Å². The average Bonchev–Trinajstić information content (AvgIpc) is 1.96. The summed E-state index contributed by atoms with van der Waals surface area (Å²) >= 11 is 4.89. The standard InChI is InChI=1S/C10H15N3O2S/c1-6-5-7(12-8(16)11-6)13-9(14)15-10(2,3)4/h5H,1-4H3,(H2,11,12,13,14,16). The molecule has 0 unspecified atom stereocenters. The summed E-state index contributed by atoms with van der Waals surface area (Å²) in [5.41, 5.74) is 0.294. The van der Waals surface area contributed by atoms with E-state index in [4.69, 9.17) is 17.0 Å². The lowest BCUT2D eigenvalue weighted by Crippen LogP contribution is -2.27. The lowest BCUT2D eigenvalue weighted by atomic mass is 10.2. The normalized spacial score (nSPS) is 11.0. The van der Waals surface area contributed by atoms with Crippen LogP contribution in [0.1, 0.15) is 26.5 Å². The number of aromatic amines is 1. The maximum atomic E-state index is 11.4. The highest BCUT2D eigenvalue weighted by atomic mass is 32.1. The smallest absolute Gasteiger partial charge is 0.413 e. The minimum absolute atomic E-state index is 0.325. The first-order valence-corrected chi connectivity index (χ1v) is 5.25. The molecule has 0 aliphatic carbocycles. The fourth-order valence-corrected chi connectivity index (χ4v) is 1.31. The summed E-state index contributed by atoms with van der Waals surface area (Å²) in [7, 11) is 0. The molecule has 0 fully saturated rings. The Hall–Kier alpha value is -1.43. The van der Waals surface area contributed by atoms with E-state index in [1.807, 2.05) is 6.92 Å². The maximum Gasteiger partial charge on any atom is 0.413 e. The highest BCUT2D eigenvalue weighted by Gasteiger charge is 2.16. The first kappa shape index (κ1) is 12.6. The summed E-state index contributed by atoms with van der Waals surface area (Å²) in [6.45, 7) is 7.21. The van der Waals surface area contributed by atoms with Gasteiger partial charge in [-0.1, -0.05) is 0 Å². The number of rotatable bonds is 1. The van der Waals surface area contributed by atoms with Gasteiger partial charge in [0.15, 0.2) is 4.77 Å². The van der Waals surface area contributed by atoms with Crippen LogP contribution in [0.2, 0.25) is 0 Å². The average molecular weight is 241 g/mol. The molecule has 1 amide bonds. The summed E-state index contributed by atoms with van der Waals surface area (Å²) in [4.78, 5) is 18.2. The number of nitrogens with one attached hydrogen (secondary N) is 2. The van der Waals surface area contributed by atoms with Crippen molar-refractivity contribution in [1.82, 2.24) is 9.97 Å². The van der Waals surface area contributed by atoms with Gasteiger partial charge in [0.05, 0.1) is 0 Å². The van der Waals surface area contributed by atoms with Crippen LogP contribution in [0.5, 0.6) is 0 Å². The molecular weight excluding hydrogens is 226 g/mol. The van der Waals surface area contributed by atoms with Crippen LogP contribution in [-0.4, -0.2) is 21.7 Å². The van der Waals surface area contributed by atoms with Gasteiger partial charge in [0.25, 0.3) is 0 Å². The zero-order valence-corrected chi connectivity index (χ0v) is 10.6. The van der Waals surface area contributed by atoms with Gasteiger partial charge in [-0.05, 0) is 39.9 Å². The van der Waals surface area contributed by atoms with Gasteiger partial charge in [0, 0.05) is 11.8 Å². The second kappa shape index (κ2) is 4.61. The van der Waals surface area contributed by atoms with Crippen LogP contribution in [-0.2, 0) is 4.74 Å². The van der Waals surface area contributed by atoms with Crippen molar-refractivity contribution < 1.29 is 9.53 Å². The molecule has 6 heteroatoms. The molecule has 0 aliphatic rings. The number of H-pyrrole nitrogens is 1. The zero-order chi connectivity index (χ0) is 12.3. The topological polar surface area (TPSA) is 67.0 Å². The molecule has 0 aliphatic heterocycles. The molecule has 1 rings (SSSR count). The van der Waals surface area contributed by atoms with Crippen LogP contribution in [0.4, 0.5) is 10.6 Å². The molecule has 0 spiro atoms. The molecule has 88 valence electrons. The molecule has 5 nitrogen and oxygen atoms in total. The molecule has 16 heavy (non-hydrogen) atoms. The van der Waals surface area contributed by atoms with Crippen LogP contribution in [0, 0.1) is 11.7 Å². The second-order valence-electron chi connectivity index (χ2n) is 4.38. The number of hydrogen-bond donors (Lipinski definition) is 2. The summed E-state index contributed by atoms with van der Waals surface area (Å²) in [5.74, 6) is 0.385. The Labute approximate surface area is 99.2 Å². The van der Waals surface area contributed by atoms with Crippen molar-refractivity contribution in [2.45, 2.75) is 33.3 Å². The van der Waals surface area contributed by atoms with Gasteiger partial charge in [-0.25, -0.2) is 9.78 Å². The molecule has 1 heterocycles. The SMILES string of the molecule is Cc1cc(NC(=O)OC(C)(C)C)nc(=S)[nH]1. The Morgan fingerprint density at radius 2 is 2.19 bits per heavy atom. The number of amides is 1. The van der Waals surface area contributed by atoms with Gasteiger partial charge in [-0.15, -0.1) is 0 Å². The van der Waals surface area contributed by atoms with Gasteiger partial charge >= 0.3 is 6.09 Å². The zero-order valence-electron chi connectivity index (χ0n) is 9.75. The van der Waals surface area contributed by atoms with Crippen molar-refractivity contribution in [3.05, 3.63) is 16.5 Å². The van der Waals surface area contributed by atoms with E-state index >= 15 is 0 Å². The van der Waals surface area contributed by atoms with Crippen LogP contribution >= 0.6 is 12.2 Å². The minimum atomic E-state index is -0.542. The van der Waals surface area contributed by atoms with E-state index in [9.17, 15) is 4.79 Å². The summed E-state index contributed by atoms with van der Waals surface area (Å²) in [5, 5.41) is 2.52. The van der Waals surface area contributed by atoms with E-state index < -0.39 is 11.7 Å². The Morgan fingerprint density at radius 3 is 2.69 bits per heavy atom. The fraction of sp³-hybridized carbons (Fsp3) is 0.500. The minimum Gasteiger partial charge on any atom is -0.444 e. The lowest BCUT2D eigenvalue weighted by Gasteiger charge is -2.19. The monoisotopic (exact) mass is 241 g/mol. The van der Waals surface area contributed by atoms with Gasteiger partial charge in [-0.2, -0.15) is 0 Å². The van der Waals surface area contributed by atoms with E-state index in [1.54, 1.807) is 26.8 Å². The predicted molar refractivity (Wildman–Crippen MR) is 64.0 cm³/mol. The quantitative estimate of drug-likeness (QED) is 0.742. The number of nitrogens with zero attached hydrogens (tertiary/aromatic N) is 1. The Kier molecular flexibility index (Phi) is 3.64. The van der Waals surface area contributed by atoms with E-state index in [2.05, 4.69) is 15.3 Å². The number of ether oxygens (including phenoxy) is 1. The number of hydrogen-bond acceptors (Lipinski definition) is 4. The molecule has 0 atom stereocenters. The fourth-order valence-electron chi connectivity index (χ4n) is 1.05. The van der Waals surface area contributed by atoms with Gasteiger partial charge in [-0.3, -0.25) is 5.32 Å². The molecule has 0 saturated heterocycles. The molecule has 2 N–H and O–H groups in total. The lowest BCUT2D eigenvalue weighted by molar-refractivity contribution is 0.0635. The first-order valence-electron chi connectivity index (χ1n) is 4.84. The van der Waals surface area contributed by atoms with Crippen LogP contribution in [0.3, 0.4) is 0 Å². The number of carbonyl (C=O) groups excluding carboxylic acids is 1. The molecule has 0 bridgehead atoms. The van der Waals surface area contributed by atoms with Gasteiger partial charge in [0.1, 0.15) is 11.4 Å². The highest BCUT2D eigenvalue weighted by Crippen LogP contribution is 2.10. The van der Waals surface area contributed by atoms with Gasteiger partial charge < -0.3 is 9.72 Å². The molecule has 0 aromatic carbocycles. The van der Waals surface area contributed by atoms with E-state index in [0.717, 1.165) is 5.69 Å². The van der Waals surface area contributed by atoms with E-state index in [1.165, 1.54) is 0 Å². The third-order valence-corrected chi connectivity index (χ3v) is 1.70. The highest BCUT2D eigenvalue weighted by molar-refractivity contribution is 7.71. The summed E-state index contributed by atoms with van der Waals surface area (Å²) in [6, 6.07) is 1.68. The molecule has 0 radical (unpaired) electrons. The third-order valence-electron chi connectivity index (χ3n) is 1.51.